The lowest BCUT2D eigenvalue weighted by molar-refractivity contribution is 0.149. The van der Waals surface area contributed by atoms with Gasteiger partial charge in [-0.1, -0.05) is 6.07 Å². The summed E-state index contributed by atoms with van der Waals surface area (Å²) in [5, 5.41) is 13.5. The number of rotatable bonds is 2. The minimum absolute atomic E-state index is 0.166. The number of nitrogens with zero attached hydrogens (tertiary/aromatic N) is 1. The van der Waals surface area contributed by atoms with E-state index in [0.29, 0.717) is 0 Å². The number of likely N-dealkylation sites (tertiary alicyclic amines) is 1. The van der Waals surface area contributed by atoms with Crippen molar-refractivity contribution in [2.75, 3.05) is 18.5 Å². The Labute approximate surface area is 120 Å². The third kappa shape index (κ3) is 3.67. The van der Waals surface area contributed by atoms with Crippen LogP contribution in [0.5, 0.6) is 0 Å². The predicted molar refractivity (Wildman–Crippen MR) is 83.6 cm³/mol. The summed E-state index contributed by atoms with van der Waals surface area (Å²) in [5.41, 5.74) is 3.48. The molecule has 1 heterocycles. The van der Waals surface area contributed by atoms with Crippen molar-refractivity contribution in [2.24, 2.45) is 0 Å². The number of hydrogen-bond donors (Lipinski definition) is 2. The smallest absolute Gasteiger partial charge is 0.173 e. The van der Waals surface area contributed by atoms with E-state index in [9.17, 15) is 5.11 Å². The zero-order chi connectivity index (χ0) is 13.8. The fourth-order valence-corrected chi connectivity index (χ4v) is 3.06. The van der Waals surface area contributed by atoms with Crippen molar-refractivity contribution in [1.82, 2.24) is 4.90 Å². The Kier molecular flexibility index (Phi) is 4.77. The van der Waals surface area contributed by atoms with Crippen LogP contribution in [-0.2, 0) is 0 Å². The van der Waals surface area contributed by atoms with E-state index < -0.39 is 0 Å². The molecule has 0 aliphatic carbocycles. The van der Waals surface area contributed by atoms with Crippen LogP contribution >= 0.6 is 12.2 Å². The lowest BCUT2D eigenvalue weighted by atomic mass is 10.0. The summed E-state index contributed by atoms with van der Waals surface area (Å²) in [6.45, 7) is 5.27. The molecule has 1 aromatic rings. The molecule has 0 amide bonds. The first-order valence-corrected chi connectivity index (χ1v) is 7.28. The number of piperidine rings is 1. The molecule has 4 heteroatoms. The van der Waals surface area contributed by atoms with Crippen LogP contribution in [0.25, 0.3) is 0 Å². The van der Waals surface area contributed by atoms with E-state index in [2.05, 4.69) is 42.3 Å². The number of thiocarbonyl (C=S) groups is 1. The fourth-order valence-electron chi connectivity index (χ4n) is 2.70. The summed E-state index contributed by atoms with van der Waals surface area (Å²) in [6, 6.07) is 6.50. The molecule has 1 unspecified atom stereocenters. The van der Waals surface area contributed by atoms with E-state index in [1.165, 1.54) is 17.5 Å². The minimum atomic E-state index is 0.166. The van der Waals surface area contributed by atoms with Gasteiger partial charge in [0.2, 0.25) is 0 Å². The standard InChI is InChI=1S/C15H22N2OS/c1-11-7-12(2)9-13(8-11)16-15(19)17-6-4-3-5-14(17)10-18/h7-9,14,18H,3-6,10H2,1-2H3,(H,16,19). The number of anilines is 1. The SMILES string of the molecule is Cc1cc(C)cc(NC(=S)N2CCCCC2CO)c1. The van der Waals surface area contributed by atoms with Gasteiger partial charge in [0.05, 0.1) is 12.6 Å². The van der Waals surface area contributed by atoms with Crippen molar-refractivity contribution in [3.05, 3.63) is 29.3 Å². The maximum absolute atomic E-state index is 9.44. The predicted octanol–water partition coefficient (Wildman–Crippen LogP) is 2.85. The Bertz CT molecular complexity index is 441. The summed E-state index contributed by atoms with van der Waals surface area (Å²) >= 11 is 5.49. The van der Waals surface area contributed by atoms with Crippen LogP contribution in [0.1, 0.15) is 30.4 Å². The molecule has 19 heavy (non-hydrogen) atoms. The molecule has 104 valence electrons. The van der Waals surface area contributed by atoms with Crippen LogP contribution in [0.4, 0.5) is 5.69 Å². The first kappa shape index (κ1) is 14.3. The van der Waals surface area contributed by atoms with Crippen LogP contribution in [0.2, 0.25) is 0 Å². The molecular formula is C15H22N2OS. The van der Waals surface area contributed by atoms with E-state index >= 15 is 0 Å². The third-order valence-corrected chi connectivity index (χ3v) is 3.91. The van der Waals surface area contributed by atoms with Crippen molar-refractivity contribution in [1.29, 1.82) is 0 Å². The molecule has 0 radical (unpaired) electrons. The molecule has 0 saturated carbocycles. The van der Waals surface area contributed by atoms with Gasteiger partial charge in [-0.25, -0.2) is 0 Å². The van der Waals surface area contributed by atoms with Crippen molar-refractivity contribution in [3.63, 3.8) is 0 Å². The first-order valence-electron chi connectivity index (χ1n) is 6.87. The van der Waals surface area contributed by atoms with Gasteiger partial charge in [-0.15, -0.1) is 0 Å². The highest BCUT2D eigenvalue weighted by Gasteiger charge is 2.23. The Morgan fingerprint density at radius 1 is 1.32 bits per heavy atom. The van der Waals surface area contributed by atoms with Crippen molar-refractivity contribution >= 4 is 23.0 Å². The van der Waals surface area contributed by atoms with Crippen molar-refractivity contribution < 1.29 is 5.11 Å². The topological polar surface area (TPSA) is 35.5 Å². The molecule has 1 aromatic carbocycles. The monoisotopic (exact) mass is 278 g/mol. The summed E-state index contributed by atoms with van der Waals surface area (Å²) in [5.74, 6) is 0. The van der Waals surface area contributed by atoms with Crippen molar-refractivity contribution in [2.45, 2.75) is 39.2 Å². The molecular weight excluding hydrogens is 256 g/mol. The first-order chi connectivity index (χ1) is 9.10. The number of hydrogen-bond acceptors (Lipinski definition) is 2. The summed E-state index contributed by atoms with van der Waals surface area (Å²) < 4.78 is 0. The molecule has 2 rings (SSSR count). The van der Waals surface area contributed by atoms with Gasteiger partial charge in [0.25, 0.3) is 0 Å². The third-order valence-electron chi connectivity index (χ3n) is 3.57. The second kappa shape index (κ2) is 6.35. The Balaban J connectivity index is 2.07. The normalized spacial score (nSPS) is 19.3. The second-order valence-electron chi connectivity index (χ2n) is 5.33. The van der Waals surface area contributed by atoms with Gasteiger partial charge in [-0.3, -0.25) is 0 Å². The van der Waals surface area contributed by atoms with Gasteiger partial charge in [-0.2, -0.15) is 0 Å². The largest absolute Gasteiger partial charge is 0.394 e. The van der Waals surface area contributed by atoms with Gasteiger partial charge >= 0.3 is 0 Å². The second-order valence-corrected chi connectivity index (χ2v) is 5.72. The highest BCUT2D eigenvalue weighted by atomic mass is 32.1. The van der Waals surface area contributed by atoms with Crippen LogP contribution in [0, 0.1) is 13.8 Å². The summed E-state index contributed by atoms with van der Waals surface area (Å²) in [6.07, 6.45) is 3.34. The summed E-state index contributed by atoms with van der Waals surface area (Å²) in [7, 11) is 0. The lowest BCUT2D eigenvalue weighted by Crippen LogP contribution is -2.47. The zero-order valence-corrected chi connectivity index (χ0v) is 12.5. The van der Waals surface area contributed by atoms with Crippen LogP contribution < -0.4 is 5.32 Å². The van der Waals surface area contributed by atoms with E-state index in [-0.39, 0.29) is 12.6 Å². The number of nitrogens with one attached hydrogen (secondary N) is 1. The molecule has 2 N–H and O–H groups in total. The van der Waals surface area contributed by atoms with Gasteiger partial charge < -0.3 is 15.3 Å². The van der Waals surface area contributed by atoms with Gasteiger partial charge in [0.15, 0.2) is 5.11 Å². The molecule has 0 bridgehead atoms. The van der Waals surface area contributed by atoms with E-state index in [1.54, 1.807) is 0 Å². The van der Waals surface area contributed by atoms with E-state index in [1.807, 2.05) is 0 Å². The average Bonchev–Trinajstić information content (AvgIpc) is 2.37. The quantitative estimate of drug-likeness (QED) is 0.816. The lowest BCUT2D eigenvalue weighted by Gasteiger charge is -2.36. The molecule has 1 atom stereocenters. The van der Waals surface area contributed by atoms with E-state index in [0.717, 1.165) is 30.2 Å². The highest BCUT2D eigenvalue weighted by molar-refractivity contribution is 7.80. The van der Waals surface area contributed by atoms with Crippen molar-refractivity contribution in [3.8, 4) is 0 Å². The number of aliphatic hydroxyl groups is 1. The fraction of sp³-hybridized carbons (Fsp3) is 0.533. The Morgan fingerprint density at radius 2 is 2.00 bits per heavy atom. The number of benzene rings is 1. The van der Waals surface area contributed by atoms with Gasteiger partial charge in [0, 0.05) is 12.2 Å². The molecule has 0 aromatic heterocycles. The van der Waals surface area contributed by atoms with Crippen LogP contribution in [0.3, 0.4) is 0 Å². The molecule has 1 fully saturated rings. The number of aliphatic hydroxyl groups excluding tert-OH is 1. The number of aryl methyl sites for hydroxylation is 2. The minimum Gasteiger partial charge on any atom is -0.394 e. The summed E-state index contributed by atoms with van der Waals surface area (Å²) in [4.78, 5) is 2.12. The maximum Gasteiger partial charge on any atom is 0.173 e. The molecule has 1 saturated heterocycles. The highest BCUT2D eigenvalue weighted by Crippen LogP contribution is 2.19. The average molecular weight is 278 g/mol. The van der Waals surface area contributed by atoms with Gasteiger partial charge in [-0.05, 0) is 68.6 Å². The van der Waals surface area contributed by atoms with Gasteiger partial charge in [0.1, 0.15) is 0 Å². The van der Waals surface area contributed by atoms with E-state index in [4.69, 9.17) is 12.2 Å². The van der Waals surface area contributed by atoms with Crippen LogP contribution in [-0.4, -0.2) is 34.3 Å². The molecule has 1 aliphatic heterocycles. The molecule has 1 aliphatic rings. The maximum atomic E-state index is 9.44. The Hall–Kier alpha value is -1.13. The van der Waals surface area contributed by atoms with Crippen LogP contribution in [0.15, 0.2) is 18.2 Å². The molecule has 0 spiro atoms. The molecule has 3 nitrogen and oxygen atoms in total. The Morgan fingerprint density at radius 3 is 2.63 bits per heavy atom. The zero-order valence-electron chi connectivity index (χ0n) is 11.6.